The predicted octanol–water partition coefficient (Wildman–Crippen LogP) is 4.61. The first-order valence-electron chi connectivity index (χ1n) is 8.97. The second-order valence-electron chi connectivity index (χ2n) is 6.26. The molecule has 0 saturated heterocycles. The lowest BCUT2D eigenvalue weighted by Crippen LogP contribution is -2.16. The van der Waals surface area contributed by atoms with Crippen LogP contribution >= 0.6 is 23.2 Å². The van der Waals surface area contributed by atoms with E-state index >= 15 is 0 Å². The van der Waals surface area contributed by atoms with Gasteiger partial charge in [0.15, 0.2) is 17.1 Å². The number of nitrogens with one attached hydrogen (secondary N) is 1. The molecule has 33 heavy (non-hydrogen) atoms. The van der Waals surface area contributed by atoms with Crippen molar-refractivity contribution in [1.82, 2.24) is 5.16 Å². The largest absolute Gasteiger partial charge is 0.493 e. The first kappa shape index (κ1) is 23.8. The second-order valence-corrected chi connectivity index (χ2v) is 7.07. The number of ether oxygens (including phenoxy) is 3. The number of aromatic nitrogens is 1. The summed E-state index contributed by atoms with van der Waals surface area (Å²) in [4.78, 5) is 36.2. The number of carbonyl (C=O) groups is 2. The van der Waals surface area contributed by atoms with Crippen LogP contribution in [0, 0.1) is 10.1 Å². The zero-order valence-corrected chi connectivity index (χ0v) is 18.8. The molecule has 3 rings (SSSR count). The summed E-state index contributed by atoms with van der Waals surface area (Å²) in [5, 5.41) is 17.9. The number of amides is 1. The van der Waals surface area contributed by atoms with Crippen LogP contribution in [0.1, 0.15) is 20.7 Å². The van der Waals surface area contributed by atoms with Crippen molar-refractivity contribution >= 4 is 46.6 Å². The van der Waals surface area contributed by atoms with Crippen molar-refractivity contribution < 1.29 is 33.2 Å². The van der Waals surface area contributed by atoms with Gasteiger partial charge in [-0.15, -0.1) is 0 Å². The number of hydrogen-bond acceptors (Lipinski definition) is 9. The van der Waals surface area contributed by atoms with Gasteiger partial charge in [0, 0.05) is 11.6 Å². The van der Waals surface area contributed by atoms with Gasteiger partial charge in [-0.3, -0.25) is 20.2 Å². The lowest BCUT2D eigenvalue weighted by Gasteiger charge is -2.10. The lowest BCUT2D eigenvalue weighted by atomic mass is 10.1. The van der Waals surface area contributed by atoms with Crippen molar-refractivity contribution in [1.29, 1.82) is 0 Å². The fraction of sp³-hybridized carbons (Fsp3) is 0.150. The van der Waals surface area contributed by atoms with Crippen LogP contribution in [0.5, 0.6) is 11.5 Å². The Kier molecular flexibility index (Phi) is 7.04. The second kappa shape index (κ2) is 9.76. The molecule has 1 amide bonds. The first-order valence-corrected chi connectivity index (χ1v) is 9.73. The normalized spacial score (nSPS) is 10.5. The summed E-state index contributed by atoms with van der Waals surface area (Å²) in [5.74, 6) is -2.21. The molecular formula is C20H15Cl2N3O8. The molecule has 172 valence electrons. The van der Waals surface area contributed by atoms with Crippen molar-refractivity contribution in [3.63, 3.8) is 0 Å². The molecule has 2 aromatic carbocycles. The van der Waals surface area contributed by atoms with Crippen LogP contribution in [0.2, 0.25) is 10.0 Å². The molecule has 3 aromatic rings. The molecule has 0 aliphatic rings. The molecule has 1 heterocycles. The smallest absolute Gasteiger partial charge is 0.345 e. The topological polar surface area (TPSA) is 143 Å². The Balaban J connectivity index is 2.11. The molecule has 0 bridgehead atoms. The number of methoxy groups -OCH3 is 3. The average molecular weight is 496 g/mol. The number of nitro groups is 1. The van der Waals surface area contributed by atoms with Crippen molar-refractivity contribution in [3.8, 4) is 22.8 Å². The molecule has 0 spiro atoms. The third-order valence-corrected chi connectivity index (χ3v) is 5.08. The quantitative estimate of drug-likeness (QED) is 0.282. The van der Waals surface area contributed by atoms with Crippen molar-refractivity contribution in [2.24, 2.45) is 0 Å². The number of esters is 1. The van der Waals surface area contributed by atoms with Gasteiger partial charge < -0.3 is 18.7 Å². The molecular weight excluding hydrogens is 481 g/mol. The van der Waals surface area contributed by atoms with E-state index < -0.39 is 28.4 Å². The fourth-order valence-corrected chi connectivity index (χ4v) is 3.51. The van der Waals surface area contributed by atoms with Gasteiger partial charge in [0.05, 0.1) is 42.4 Å². The maximum absolute atomic E-state index is 12.9. The third kappa shape index (κ3) is 4.54. The molecule has 13 heteroatoms. The summed E-state index contributed by atoms with van der Waals surface area (Å²) in [6, 6.07) is 6.77. The number of hydrogen-bond donors (Lipinski definition) is 1. The number of anilines is 1. The molecule has 0 unspecified atom stereocenters. The monoisotopic (exact) mass is 495 g/mol. The number of nitrogens with zero attached hydrogens (tertiary/aromatic N) is 2. The Morgan fingerprint density at radius 2 is 1.70 bits per heavy atom. The minimum Gasteiger partial charge on any atom is -0.493 e. The zero-order valence-electron chi connectivity index (χ0n) is 17.3. The molecule has 0 radical (unpaired) electrons. The Morgan fingerprint density at radius 1 is 1.09 bits per heavy atom. The summed E-state index contributed by atoms with van der Waals surface area (Å²) < 4.78 is 20.1. The van der Waals surface area contributed by atoms with Crippen molar-refractivity contribution in [3.05, 3.63) is 61.6 Å². The van der Waals surface area contributed by atoms with Crippen LogP contribution < -0.4 is 14.8 Å². The van der Waals surface area contributed by atoms with E-state index in [0.717, 1.165) is 19.2 Å². The van der Waals surface area contributed by atoms with E-state index in [9.17, 15) is 19.7 Å². The van der Waals surface area contributed by atoms with E-state index in [2.05, 4.69) is 10.5 Å². The Bertz CT molecular complexity index is 1240. The van der Waals surface area contributed by atoms with Crippen molar-refractivity contribution in [2.75, 3.05) is 26.6 Å². The van der Waals surface area contributed by atoms with Gasteiger partial charge in [-0.25, -0.2) is 4.79 Å². The van der Waals surface area contributed by atoms with Gasteiger partial charge in [0.1, 0.15) is 11.3 Å². The highest BCUT2D eigenvalue weighted by Gasteiger charge is 2.31. The summed E-state index contributed by atoms with van der Waals surface area (Å²) >= 11 is 12.4. The van der Waals surface area contributed by atoms with Crippen LogP contribution in [-0.4, -0.2) is 43.3 Å². The van der Waals surface area contributed by atoms with E-state index in [0.29, 0.717) is 0 Å². The first-order chi connectivity index (χ1) is 15.7. The number of carbonyl (C=O) groups excluding carboxylic acids is 2. The highest BCUT2D eigenvalue weighted by molar-refractivity contribution is 6.39. The average Bonchev–Trinajstić information content (AvgIpc) is 3.20. The summed E-state index contributed by atoms with van der Waals surface area (Å²) in [6.07, 6.45) is 0. The summed E-state index contributed by atoms with van der Waals surface area (Å²) in [7, 11) is 3.70. The van der Waals surface area contributed by atoms with E-state index in [1.807, 2.05) is 0 Å². The number of halogens is 2. The summed E-state index contributed by atoms with van der Waals surface area (Å²) in [5.41, 5.74) is -1.16. The van der Waals surface area contributed by atoms with Crippen molar-refractivity contribution in [2.45, 2.75) is 0 Å². The Hall–Kier alpha value is -3.83. The molecule has 0 atom stereocenters. The molecule has 1 aromatic heterocycles. The standard InChI is InChI=1S/C20H15Cl2N3O8/c1-30-13-7-9(12(25(28)29)8-14(13)31-2)18(26)23-19-16(20(27)32-3)17(24-33-19)15-10(21)5-4-6-11(15)22/h4-8H,1-3H3,(H,23,26). The molecule has 0 fully saturated rings. The highest BCUT2D eigenvalue weighted by atomic mass is 35.5. The molecule has 1 N–H and O–H groups in total. The molecule has 11 nitrogen and oxygen atoms in total. The highest BCUT2D eigenvalue weighted by Crippen LogP contribution is 2.39. The number of benzene rings is 2. The van der Waals surface area contributed by atoms with Crippen LogP contribution in [0.15, 0.2) is 34.9 Å². The Labute approximate surface area is 196 Å². The minimum absolute atomic E-state index is 0.0475. The van der Waals surface area contributed by atoms with E-state index in [-0.39, 0.29) is 43.9 Å². The third-order valence-electron chi connectivity index (χ3n) is 4.45. The summed E-state index contributed by atoms with van der Waals surface area (Å²) in [6.45, 7) is 0. The predicted molar refractivity (Wildman–Crippen MR) is 117 cm³/mol. The molecule has 0 aliphatic carbocycles. The maximum atomic E-state index is 12.9. The van der Waals surface area contributed by atoms with Gasteiger partial charge >= 0.3 is 5.97 Å². The van der Waals surface area contributed by atoms with E-state index in [4.69, 9.17) is 41.9 Å². The van der Waals surface area contributed by atoms with E-state index in [1.165, 1.54) is 26.4 Å². The van der Waals surface area contributed by atoms with Gasteiger partial charge in [0.25, 0.3) is 11.6 Å². The van der Waals surface area contributed by atoms with Gasteiger partial charge in [0.2, 0.25) is 5.88 Å². The fourth-order valence-electron chi connectivity index (χ4n) is 2.93. The number of nitro benzene ring substituents is 1. The van der Waals surface area contributed by atoms with E-state index in [1.54, 1.807) is 6.07 Å². The van der Waals surface area contributed by atoms with Crippen LogP contribution in [0.4, 0.5) is 11.6 Å². The van der Waals surface area contributed by atoms with Gasteiger partial charge in [-0.05, 0) is 12.1 Å². The Morgan fingerprint density at radius 3 is 2.24 bits per heavy atom. The van der Waals surface area contributed by atoms with Crippen LogP contribution in [0.3, 0.4) is 0 Å². The number of rotatable bonds is 7. The molecule has 0 aliphatic heterocycles. The van der Waals surface area contributed by atoms with Crippen LogP contribution in [0.25, 0.3) is 11.3 Å². The molecule has 0 saturated carbocycles. The van der Waals surface area contributed by atoms with Gasteiger partial charge in [-0.1, -0.05) is 34.4 Å². The van der Waals surface area contributed by atoms with Crippen LogP contribution in [-0.2, 0) is 4.74 Å². The maximum Gasteiger partial charge on any atom is 0.345 e. The SMILES string of the molecule is COC(=O)c1c(-c2c(Cl)cccc2Cl)noc1NC(=O)c1cc(OC)c(OC)cc1[N+](=O)[O-]. The minimum atomic E-state index is -0.985. The lowest BCUT2D eigenvalue weighted by molar-refractivity contribution is -0.385. The zero-order chi connectivity index (χ0) is 24.3. The van der Waals surface area contributed by atoms with Gasteiger partial charge in [-0.2, -0.15) is 0 Å².